The topological polar surface area (TPSA) is 83.4 Å². The summed E-state index contributed by atoms with van der Waals surface area (Å²) >= 11 is 18.4. The largest absolute Gasteiger partial charge is 0.493 e. The van der Waals surface area contributed by atoms with Gasteiger partial charge in [0.25, 0.3) is 0 Å². The molecule has 0 fully saturated rings. The molecule has 8 nitrogen and oxygen atoms in total. The molecule has 10 aromatic rings. The first-order valence-corrected chi connectivity index (χ1v) is 44.3. The van der Waals surface area contributed by atoms with Crippen LogP contribution >= 0.6 is 79.6 Å². The molecule has 2 heterocycles. The van der Waals surface area contributed by atoms with Crippen LogP contribution in [0.25, 0.3) is 87.9 Å². The Bertz CT molecular complexity index is 4100. The molecule has 8 aromatic carbocycles. The van der Waals surface area contributed by atoms with Crippen LogP contribution in [0.15, 0.2) is 127 Å². The predicted octanol–water partition coefficient (Wildman–Crippen LogP) is 31.1. The van der Waals surface area contributed by atoms with E-state index in [1.54, 1.807) is 0 Å². The Morgan fingerprint density at radius 1 is 0.359 bits per heavy atom. The number of aromatic nitrogens is 4. The van der Waals surface area contributed by atoms with E-state index in [2.05, 4.69) is 268 Å². The van der Waals surface area contributed by atoms with Gasteiger partial charge in [-0.1, -0.05) is 314 Å². The highest BCUT2D eigenvalue weighted by atomic mass is 79.9. The Balaban J connectivity index is 0.000000235. The number of nitrogens with one attached hydrogen (secondary N) is 1. The molecule has 103 heavy (non-hydrogen) atoms. The van der Waals surface area contributed by atoms with Gasteiger partial charge in [0, 0.05) is 63.4 Å². The quantitative estimate of drug-likeness (QED) is 0.0233. The fraction of sp³-hybridized carbons (Fsp3) is 0.533. The normalized spacial score (nSPS) is 12.8. The van der Waals surface area contributed by atoms with Crippen LogP contribution in [0.3, 0.4) is 0 Å². The predicted molar refractivity (Wildman–Crippen MR) is 463 cm³/mol. The lowest BCUT2D eigenvalue weighted by molar-refractivity contribution is 0.223. The Morgan fingerprint density at radius 3 is 1.19 bits per heavy atom. The molecular weight excluding hydrogens is 1600 g/mol. The highest BCUT2D eigenvalue weighted by molar-refractivity contribution is 9.11. The van der Waals surface area contributed by atoms with Crippen molar-refractivity contribution >= 4 is 145 Å². The number of alkyl halides is 1. The van der Waals surface area contributed by atoms with Gasteiger partial charge in [0.1, 0.15) is 34.6 Å². The minimum absolute atomic E-state index is 0.519. The van der Waals surface area contributed by atoms with Crippen molar-refractivity contribution in [1.82, 2.24) is 19.5 Å². The summed E-state index contributed by atoms with van der Waals surface area (Å²) in [7, 11) is 0. The lowest BCUT2D eigenvalue weighted by Crippen LogP contribution is -2.13. The number of rotatable bonds is 43. The maximum absolute atomic E-state index is 6.87. The molecule has 0 bridgehead atoms. The fourth-order valence-corrected chi connectivity index (χ4v) is 16.0. The Kier molecular flexibility index (Phi) is 36.9. The highest BCUT2D eigenvalue weighted by Crippen LogP contribution is 2.44. The standard InChI is InChI=1S/C45H60Br2N2O2.C37H44Br2N2O2.C8H17Br/c1-6-11-14-15-16-17-26-49-44-41-28-35(47)21-24-38(41)37-23-20-34(46)27-40(37)43(44)48-45(49)39-25-22-36(50-30-32(9-4)18-12-7-2)29-42(39)51-31-33(10-5)19-13-8-3;1-5-9-11-24(7-3)22-42-28-15-18-31(34(21-28)43-23-25(8-4)12-10-6-2)37-40-35-32-19-26(38)13-16-29(32)30-17-14-27(39)20-33(30)36(35)41-37;1-2-3-4-5-6-7-8-9/h20-25,27-29,32-33H,6-19,26,30-31H2,1-5H3;13-21,24-25H,5-12,22-23H2,1-4H3,(H,40,41);2-8H2,1H3. The number of hydrogen-bond acceptors (Lipinski definition) is 6. The zero-order valence-corrected chi connectivity index (χ0v) is 72.0. The number of unbranched alkanes of at least 4 members (excludes halogenated alkanes) is 14. The molecule has 0 aliphatic carbocycles. The summed E-state index contributed by atoms with van der Waals surface area (Å²) in [5.74, 6) is 7.39. The van der Waals surface area contributed by atoms with Crippen LogP contribution < -0.4 is 18.9 Å². The van der Waals surface area contributed by atoms with Gasteiger partial charge in [-0.3, -0.25) is 0 Å². The van der Waals surface area contributed by atoms with E-state index in [4.69, 9.17) is 28.9 Å². The van der Waals surface area contributed by atoms with E-state index in [0.29, 0.717) is 36.9 Å². The van der Waals surface area contributed by atoms with Crippen LogP contribution in [0.1, 0.15) is 249 Å². The van der Waals surface area contributed by atoms with Crippen molar-refractivity contribution in [3.63, 3.8) is 0 Å². The number of aromatic amines is 1. The first kappa shape index (κ1) is 84.0. The third-order valence-electron chi connectivity index (χ3n) is 20.9. The van der Waals surface area contributed by atoms with Crippen molar-refractivity contribution in [3.05, 3.63) is 127 Å². The van der Waals surface area contributed by atoms with Gasteiger partial charge < -0.3 is 28.5 Å². The van der Waals surface area contributed by atoms with Gasteiger partial charge >= 0.3 is 0 Å². The van der Waals surface area contributed by atoms with E-state index < -0.39 is 0 Å². The zero-order chi connectivity index (χ0) is 73.5. The molecular formula is C90H121Br5N4O4. The molecule has 4 atom stereocenters. The molecule has 0 amide bonds. The van der Waals surface area contributed by atoms with Crippen LogP contribution in [0.4, 0.5) is 0 Å². The second-order valence-electron chi connectivity index (χ2n) is 28.8. The molecule has 13 heteroatoms. The first-order valence-electron chi connectivity index (χ1n) is 40.1. The average molecular weight is 1720 g/mol. The van der Waals surface area contributed by atoms with Gasteiger partial charge in [-0.25, -0.2) is 9.97 Å². The summed E-state index contributed by atoms with van der Waals surface area (Å²) in [5, 5.41) is 10.7. The molecule has 0 saturated heterocycles. The molecule has 0 radical (unpaired) electrons. The maximum atomic E-state index is 6.87. The molecule has 4 unspecified atom stereocenters. The van der Waals surface area contributed by atoms with Crippen molar-refractivity contribution in [1.29, 1.82) is 0 Å². The minimum Gasteiger partial charge on any atom is -0.493 e. The summed E-state index contributed by atoms with van der Waals surface area (Å²) < 4.78 is 33.1. The van der Waals surface area contributed by atoms with Crippen LogP contribution in [0.5, 0.6) is 23.0 Å². The van der Waals surface area contributed by atoms with E-state index in [1.807, 2.05) is 0 Å². The maximum Gasteiger partial charge on any atom is 0.144 e. The third-order valence-corrected chi connectivity index (χ3v) is 23.5. The van der Waals surface area contributed by atoms with Gasteiger partial charge in [0.15, 0.2) is 0 Å². The van der Waals surface area contributed by atoms with Crippen LogP contribution in [-0.2, 0) is 6.54 Å². The number of ether oxygens (including phenoxy) is 4. The molecule has 0 spiro atoms. The smallest absolute Gasteiger partial charge is 0.144 e. The molecule has 10 rings (SSSR count). The lowest BCUT2D eigenvalue weighted by Gasteiger charge is -2.20. The second-order valence-corrected chi connectivity index (χ2v) is 33.3. The monoisotopic (exact) mass is 1720 g/mol. The van der Waals surface area contributed by atoms with Gasteiger partial charge in [0.05, 0.1) is 59.6 Å². The van der Waals surface area contributed by atoms with E-state index in [1.165, 1.54) is 191 Å². The Labute approximate surface area is 661 Å². The Hall–Kier alpha value is -4.66. The van der Waals surface area contributed by atoms with Crippen molar-refractivity contribution in [2.75, 3.05) is 31.8 Å². The van der Waals surface area contributed by atoms with E-state index in [-0.39, 0.29) is 0 Å². The molecule has 1 N–H and O–H groups in total. The number of H-pyrrole nitrogens is 1. The third kappa shape index (κ3) is 24.2. The molecule has 0 aliphatic rings. The SMILES string of the molecule is CCCCC(CC)COc1ccc(-c2nc3c4cc(Br)ccc4c4ccc(Br)cc4c3[nH]2)c(OCC(CC)CCCC)c1.CCCCCCCCBr.CCCCCCCCn1c(-c2ccc(OCC(CC)CCCC)cc2OCC(CC)CCCC)nc2c3cc(Br)ccc3c3ccc(Br)cc3c21. The molecule has 560 valence electrons. The molecule has 0 saturated carbocycles. The van der Waals surface area contributed by atoms with Gasteiger partial charge in [-0.05, 0) is 157 Å². The highest BCUT2D eigenvalue weighted by Gasteiger charge is 2.25. The summed E-state index contributed by atoms with van der Waals surface area (Å²) in [4.78, 5) is 14.5. The minimum atomic E-state index is 0.519. The zero-order valence-electron chi connectivity index (χ0n) is 64.1. The second kappa shape index (κ2) is 45.2. The van der Waals surface area contributed by atoms with Crippen molar-refractivity contribution in [3.8, 4) is 45.8 Å². The van der Waals surface area contributed by atoms with Gasteiger partial charge in [-0.15, -0.1) is 0 Å². The van der Waals surface area contributed by atoms with Gasteiger partial charge in [0.2, 0.25) is 0 Å². The Morgan fingerprint density at radius 2 is 0.738 bits per heavy atom. The summed E-state index contributed by atoms with van der Waals surface area (Å²) in [5.41, 5.74) is 6.22. The summed E-state index contributed by atoms with van der Waals surface area (Å²) in [6, 6.07) is 38.9. The van der Waals surface area contributed by atoms with Crippen LogP contribution in [0.2, 0.25) is 0 Å². The number of halogens is 5. The summed E-state index contributed by atoms with van der Waals surface area (Å²) in [6.07, 6.45) is 34.9. The van der Waals surface area contributed by atoms with E-state index in [9.17, 15) is 0 Å². The lowest BCUT2D eigenvalue weighted by atomic mass is 10.00. The molecule has 2 aromatic heterocycles. The van der Waals surface area contributed by atoms with Gasteiger partial charge in [-0.2, -0.15) is 0 Å². The summed E-state index contributed by atoms with van der Waals surface area (Å²) in [6.45, 7) is 26.4. The number of benzene rings is 8. The number of fused-ring (bicyclic) bond motifs is 12. The van der Waals surface area contributed by atoms with Crippen molar-refractivity contribution < 1.29 is 18.9 Å². The molecule has 0 aliphatic heterocycles. The number of nitrogens with zero attached hydrogens (tertiary/aromatic N) is 3. The number of aryl methyl sites for hydroxylation is 1. The van der Waals surface area contributed by atoms with Crippen molar-refractivity contribution in [2.45, 2.75) is 256 Å². The number of hydrogen-bond donors (Lipinski definition) is 1. The van der Waals surface area contributed by atoms with Crippen LogP contribution in [0, 0.1) is 23.7 Å². The first-order chi connectivity index (χ1) is 50.3. The van der Waals surface area contributed by atoms with Crippen LogP contribution in [-0.4, -0.2) is 51.3 Å². The average Bonchev–Trinajstić information content (AvgIpc) is 1.61. The fourth-order valence-electron chi connectivity index (χ4n) is 14.2. The van der Waals surface area contributed by atoms with Crippen molar-refractivity contribution in [2.24, 2.45) is 23.7 Å². The number of imidazole rings is 2. The van der Waals surface area contributed by atoms with E-state index >= 15 is 0 Å². The van der Waals surface area contributed by atoms with E-state index in [0.717, 1.165) is 143 Å².